The fourth-order valence-corrected chi connectivity index (χ4v) is 6.64. The molecule has 9 rings (SSSR count). The van der Waals surface area contributed by atoms with Crippen molar-refractivity contribution in [2.45, 2.75) is 18.8 Å². The van der Waals surface area contributed by atoms with Crippen LogP contribution in [0.4, 0.5) is 0 Å². The molecule has 8 aromatic rings. The molecule has 41 heavy (non-hydrogen) atoms. The summed E-state index contributed by atoms with van der Waals surface area (Å²) in [7, 11) is 0. The maximum absolute atomic E-state index is 5.38. The molecule has 0 atom stereocenters. The van der Waals surface area contributed by atoms with Crippen LogP contribution < -0.4 is 0 Å². The van der Waals surface area contributed by atoms with Crippen LogP contribution in [0.5, 0.6) is 0 Å². The van der Waals surface area contributed by atoms with Crippen LogP contribution in [0.2, 0.25) is 0 Å². The van der Waals surface area contributed by atoms with Gasteiger partial charge in [0.15, 0.2) is 0 Å². The summed E-state index contributed by atoms with van der Waals surface area (Å²) in [6.45, 7) is 0. The third-order valence-corrected chi connectivity index (χ3v) is 8.67. The van der Waals surface area contributed by atoms with Gasteiger partial charge >= 0.3 is 0 Å². The van der Waals surface area contributed by atoms with E-state index >= 15 is 0 Å². The minimum Gasteiger partial charge on any atom is -0.309 e. The third-order valence-electron chi connectivity index (χ3n) is 8.67. The molecule has 3 heteroatoms. The lowest BCUT2D eigenvalue weighted by atomic mass is 9.96. The molecule has 0 radical (unpaired) electrons. The maximum Gasteiger partial charge on any atom is 0.101 e. The molecule has 0 amide bonds. The summed E-state index contributed by atoms with van der Waals surface area (Å²) in [5.74, 6) is 0.574. The third kappa shape index (κ3) is 3.42. The Balaban J connectivity index is 1.41. The first-order valence-electron chi connectivity index (χ1n) is 14.4. The molecule has 3 nitrogen and oxygen atoms in total. The minimum absolute atomic E-state index is 0.574. The molecule has 1 fully saturated rings. The summed E-state index contributed by atoms with van der Waals surface area (Å²) < 4.78 is 4.64. The Kier molecular flexibility index (Phi) is 4.79. The summed E-state index contributed by atoms with van der Waals surface area (Å²) in [6, 6.07) is 48.2. The van der Waals surface area contributed by atoms with E-state index in [2.05, 4.69) is 143 Å². The normalized spacial score (nSPS) is 13.6. The van der Waals surface area contributed by atoms with Crippen molar-refractivity contribution in [2.75, 3.05) is 0 Å². The van der Waals surface area contributed by atoms with E-state index in [1.54, 1.807) is 0 Å². The van der Waals surface area contributed by atoms with E-state index in [0.29, 0.717) is 5.92 Å². The van der Waals surface area contributed by atoms with Gasteiger partial charge in [-0.15, -0.1) is 0 Å². The second-order valence-corrected chi connectivity index (χ2v) is 11.2. The lowest BCUT2D eigenvalue weighted by Crippen LogP contribution is -1.98. The van der Waals surface area contributed by atoms with Gasteiger partial charge in [-0.1, -0.05) is 97.1 Å². The Bertz CT molecular complexity index is 2250. The van der Waals surface area contributed by atoms with Gasteiger partial charge in [-0.05, 0) is 60.2 Å². The molecule has 3 heterocycles. The molecule has 3 aromatic heterocycles. The van der Waals surface area contributed by atoms with E-state index in [1.807, 2.05) is 0 Å². The number of fused-ring (bicyclic) bond motifs is 6. The van der Waals surface area contributed by atoms with Crippen molar-refractivity contribution in [1.29, 1.82) is 0 Å². The number of benzene rings is 5. The van der Waals surface area contributed by atoms with Gasteiger partial charge in [0.1, 0.15) is 5.69 Å². The number of pyridine rings is 1. The van der Waals surface area contributed by atoms with Crippen LogP contribution in [0.25, 0.3) is 66.2 Å². The van der Waals surface area contributed by atoms with Crippen molar-refractivity contribution >= 4 is 38.1 Å². The minimum atomic E-state index is 0.574. The Morgan fingerprint density at radius 2 is 1.24 bits per heavy atom. The molecule has 1 aliphatic carbocycles. The molecular weight excluding hydrogens is 498 g/mol. The average Bonchev–Trinajstić information content (AvgIpc) is 3.73. The summed E-state index contributed by atoms with van der Waals surface area (Å²) in [4.78, 5) is 0. The first-order chi connectivity index (χ1) is 20.3. The van der Waals surface area contributed by atoms with Crippen LogP contribution in [0.3, 0.4) is 0 Å². The molecule has 0 bridgehead atoms. The van der Waals surface area contributed by atoms with Gasteiger partial charge in [0.25, 0.3) is 0 Å². The van der Waals surface area contributed by atoms with Gasteiger partial charge in [-0.25, -0.2) is 4.52 Å². The summed E-state index contributed by atoms with van der Waals surface area (Å²) >= 11 is 0. The van der Waals surface area contributed by atoms with E-state index < -0.39 is 0 Å². The quantitative estimate of drug-likeness (QED) is 0.224. The van der Waals surface area contributed by atoms with Gasteiger partial charge in [-0.3, -0.25) is 0 Å². The molecule has 0 aliphatic heterocycles. The number of aromatic nitrogens is 3. The second kappa shape index (κ2) is 8.67. The van der Waals surface area contributed by atoms with Crippen molar-refractivity contribution in [2.24, 2.45) is 0 Å². The van der Waals surface area contributed by atoms with Crippen molar-refractivity contribution in [3.8, 4) is 28.1 Å². The number of hydrogen-bond donors (Lipinski definition) is 0. The van der Waals surface area contributed by atoms with Crippen molar-refractivity contribution < 1.29 is 0 Å². The van der Waals surface area contributed by atoms with Crippen molar-refractivity contribution in [1.82, 2.24) is 14.2 Å². The Morgan fingerprint density at radius 3 is 2.05 bits per heavy atom. The van der Waals surface area contributed by atoms with Crippen LogP contribution in [0, 0.1) is 0 Å². The zero-order valence-electron chi connectivity index (χ0n) is 22.5. The summed E-state index contributed by atoms with van der Waals surface area (Å²) in [6.07, 6.45) is 2.46. The Hall–Kier alpha value is -5.15. The smallest absolute Gasteiger partial charge is 0.101 e. The highest BCUT2D eigenvalue weighted by Crippen LogP contribution is 2.46. The fraction of sp³-hybridized carbons (Fsp3) is 0.0789. The van der Waals surface area contributed by atoms with Crippen LogP contribution in [-0.2, 0) is 0 Å². The van der Waals surface area contributed by atoms with E-state index in [-0.39, 0.29) is 0 Å². The zero-order valence-corrected chi connectivity index (χ0v) is 22.5. The molecule has 0 saturated heterocycles. The average molecular weight is 526 g/mol. The molecule has 0 N–H and O–H groups in total. The number of para-hydroxylation sites is 2. The number of nitrogens with zero attached hydrogens (tertiary/aromatic N) is 3. The molecule has 0 spiro atoms. The van der Waals surface area contributed by atoms with Gasteiger partial charge in [0, 0.05) is 44.6 Å². The molecule has 194 valence electrons. The predicted molar refractivity (Wildman–Crippen MR) is 170 cm³/mol. The Labute approximate surface area is 237 Å². The van der Waals surface area contributed by atoms with Gasteiger partial charge in [0.05, 0.1) is 16.6 Å². The largest absolute Gasteiger partial charge is 0.309 e. The van der Waals surface area contributed by atoms with Crippen LogP contribution >= 0.6 is 0 Å². The van der Waals surface area contributed by atoms with E-state index in [1.165, 1.54) is 73.4 Å². The molecule has 0 unspecified atom stereocenters. The van der Waals surface area contributed by atoms with Gasteiger partial charge < -0.3 is 4.57 Å². The zero-order chi connectivity index (χ0) is 26.9. The van der Waals surface area contributed by atoms with Gasteiger partial charge in [-0.2, -0.15) is 5.10 Å². The monoisotopic (exact) mass is 525 g/mol. The molecular formula is C38H27N3. The Morgan fingerprint density at radius 1 is 0.561 bits per heavy atom. The highest BCUT2D eigenvalue weighted by atomic mass is 15.2. The lowest BCUT2D eigenvalue weighted by Gasteiger charge is -2.10. The SMILES string of the molecule is c1ccc(-c2nn3c(C4CC4)cc4ccccc4c3c2-c2ccc3c(c2)c2ccccc2n3-c2ccccc2)cc1. The predicted octanol–water partition coefficient (Wildman–Crippen LogP) is 9.80. The molecule has 1 aliphatic rings. The highest BCUT2D eigenvalue weighted by molar-refractivity contribution is 6.13. The number of hydrogen-bond acceptors (Lipinski definition) is 1. The first kappa shape index (κ1) is 22.6. The molecule has 1 saturated carbocycles. The van der Waals surface area contributed by atoms with Crippen molar-refractivity contribution in [3.63, 3.8) is 0 Å². The fourth-order valence-electron chi connectivity index (χ4n) is 6.64. The molecule has 5 aromatic carbocycles. The lowest BCUT2D eigenvalue weighted by molar-refractivity contribution is 0.866. The number of rotatable bonds is 4. The van der Waals surface area contributed by atoms with Crippen LogP contribution in [-0.4, -0.2) is 14.2 Å². The van der Waals surface area contributed by atoms with E-state index in [0.717, 1.165) is 11.3 Å². The van der Waals surface area contributed by atoms with E-state index in [9.17, 15) is 0 Å². The second-order valence-electron chi connectivity index (χ2n) is 11.2. The van der Waals surface area contributed by atoms with Crippen LogP contribution in [0.15, 0.2) is 133 Å². The van der Waals surface area contributed by atoms with E-state index in [4.69, 9.17) is 5.10 Å². The standard InChI is InChI=1S/C38H27N3/c1-3-11-26(12-4-1)37-36(38-30-16-8-7-13-27(30)24-35(25-19-20-25)41(38)39-37)28-21-22-34-32(23-28)31-17-9-10-18-33(31)40(34)29-14-5-2-6-15-29/h1-18,21-25H,19-20H2. The van der Waals surface area contributed by atoms with Crippen molar-refractivity contribution in [3.05, 3.63) is 139 Å². The summed E-state index contributed by atoms with van der Waals surface area (Å²) in [5.41, 5.74) is 10.7. The van der Waals surface area contributed by atoms with Gasteiger partial charge in [0.2, 0.25) is 0 Å². The van der Waals surface area contributed by atoms with Crippen LogP contribution in [0.1, 0.15) is 24.5 Å². The topological polar surface area (TPSA) is 22.2 Å². The summed E-state index contributed by atoms with van der Waals surface area (Å²) in [5, 5.41) is 10.4. The first-order valence-corrected chi connectivity index (χ1v) is 14.4. The maximum atomic E-state index is 5.38. The highest BCUT2D eigenvalue weighted by Gasteiger charge is 2.29.